The summed E-state index contributed by atoms with van der Waals surface area (Å²) in [6.45, 7) is 13.3. The standard InChI is InChI=1S/C40H36O12.C2H6/c1-4-36(41)48-24-6-5-23-46-31-13-7-28(8-14-31)39(44)51-34-19-21-35(22-20-34)52-40(45)30-11-17-33(18-12-30)50-38(43)29-9-15-32(16-10-29)47-25-26-49-37(42)27(2)3;1-2/h4,7-22H,1-2,5-6,23-26H2,3H3;1-2H3. The topological polar surface area (TPSA) is 150 Å². The molecule has 4 rings (SSSR count). The van der Waals surface area contributed by atoms with Crippen molar-refractivity contribution in [3.63, 3.8) is 0 Å². The van der Waals surface area contributed by atoms with Crippen LogP contribution in [0, 0.1) is 0 Å². The molecule has 0 unspecified atom stereocenters. The Balaban J connectivity index is 0.00000385. The fourth-order valence-electron chi connectivity index (χ4n) is 4.15. The second kappa shape index (κ2) is 22.3. The molecule has 12 heteroatoms. The highest BCUT2D eigenvalue weighted by Gasteiger charge is 2.14. The monoisotopic (exact) mass is 738 g/mol. The van der Waals surface area contributed by atoms with E-state index < -0.39 is 29.8 Å². The second-order valence-corrected chi connectivity index (χ2v) is 10.9. The summed E-state index contributed by atoms with van der Waals surface area (Å²) >= 11 is 0. The van der Waals surface area contributed by atoms with Gasteiger partial charge in [-0.15, -0.1) is 0 Å². The van der Waals surface area contributed by atoms with E-state index >= 15 is 0 Å². The lowest BCUT2D eigenvalue weighted by Gasteiger charge is -2.09. The Hall–Kier alpha value is -6.69. The van der Waals surface area contributed by atoms with E-state index in [0.717, 1.165) is 6.08 Å². The van der Waals surface area contributed by atoms with Crippen LogP contribution in [0.25, 0.3) is 0 Å². The normalized spacial score (nSPS) is 9.98. The number of hydrogen-bond acceptors (Lipinski definition) is 12. The van der Waals surface area contributed by atoms with Crippen molar-refractivity contribution in [1.82, 2.24) is 0 Å². The zero-order chi connectivity index (χ0) is 39.3. The van der Waals surface area contributed by atoms with E-state index in [9.17, 15) is 24.0 Å². The predicted molar refractivity (Wildman–Crippen MR) is 199 cm³/mol. The molecule has 282 valence electrons. The molecule has 0 radical (unpaired) electrons. The highest BCUT2D eigenvalue weighted by Crippen LogP contribution is 2.22. The number of rotatable bonds is 18. The molecule has 0 amide bonds. The highest BCUT2D eigenvalue weighted by atomic mass is 16.6. The van der Waals surface area contributed by atoms with Crippen LogP contribution >= 0.6 is 0 Å². The number of benzene rings is 4. The van der Waals surface area contributed by atoms with Gasteiger partial charge in [-0.2, -0.15) is 0 Å². The maximum atomic E-state index is 12.7. The summed E-state index contributed by atoms with van der Waals surface area (Å²) in [7, 11) is 0. The van der Waals surface area contributed by atoms with Crippen LogP contribution in [-0.4, -0.2) is 56.3 Å². The van der Waals surface area contributed by atoms with E-state index in [1.165, 1.54) is 60.7 Å². The van der Waals surface area contributed by atoms with E-state index in [2.05, 4.69) is 13.2 Å². The third kappa shape index (κ3) is 14.1. The Kier molecular flexibility index (Phi) is 17.2. The zero-order valence-electron chi connectivity index (χ0n) is 30.4. The van der Waals surface area contributed by atoms with Gasteiger partial charge < -0.3 is 33.2 Å². The largest absolute Gasteiger partial charge is 0.494 e. The molecule has 12 nitrogen and oxygen atoms in total. The fraction of sp³-hybridized carbons (Fsp3) is 0.214. The molecule has 0 fully saturated rings. The van der Waals surface area contributed by atoms with Crippen molar-refractivity contribution in [2.75, 3.05) is 26.4 Å². The molecule has 0 spiro atoms. The van der Waals surface area contributed by atoms with Gasteiger partial charge in [-0.05, 0) is 117 Å². The summed E-state index contributed by atoms with van der Waals surface area (Å²) in [6, 6.07) is 24.5. The summed E-state index contributed by atoms with van der Waals surface area (Å²) in [5.41, 5.74) is 1.10. The van der Waals surface area contributed by atoms with Crippen LogP contribution in [0.3, 0.4) is 0 Å². The lowest BCUT2D eigenvalue weighted by atomic mass is 10.2. The summed E-state index contributed by atoms with van der Waals surface area (Å²) in [6.07, 6.45) is 2.44. The van der Waals surface area contributed by atoms with Crippen LogP contribution in [0.5, 0.6) is 28.7 Å². The molecule has 0 aromatic heterocycles. The molecular formula is C42H42O12. The Morgan fingerprint density at radius 3 is 1.24 bits per heavy atom. The maximum absolute atomic E-state index is 12.7. The molecule has 0 heterocycles. The molecule has 4 aromatic carbocycles. The minimum absolute atomic E-state index is 0.0556. The fourth-order valence-corrected chi connectivity index (χ4v) is 4.15. The van der Waals surface area contributed by atoms with Crippen molar-refractivity contribution in [3.05, 3.63) is 139 Å². The molecule has 0 saturated heterocycles. The molecule has 0 N–H and O–H groups in total. The first kappa shape index (κ1) is 41.7. The first-order chi connectivity index (χ1) is 26.1. The van der Waals surface area contributed by atoms with Crippen molar-refractivity contribution in [3.8, 4) is 28.7 Å². The quantitative estimate of drug-likeness (QED) is 0.0425. The van der Waals surface area contributed by atoms with Crippen LogP contribution in [0.4, 0.5) is 0 Å². The summed E-state index contributed by atoms with van der Waals surface area (Å²) < 4.78 is 37.2. The third-order valence-corrected chi connectivity index (χ3v) is 6.88. The van der Waals surface area contributed by atoms with E-state index in [0.29, 0.717) is 42.1 Å². The minimum Gasteiger partial charge on any atom is -0.494 e. The van der Waals surface area contributed by atoms with Crippen LogP contribution in [0.15, 0.2) is 122 Å². The first-order valence-corrected chi connectivity index (χ1v) is 17.1. The maximum Gasteiger partial charge on any atom is 0.343 e. The van der Waals surface area contributed by atoms with E-state index in [4.69, 9.17) is 33.2 Å². The average molecular weight is 739 g/mol. The van der Waals surface area contributed by atoms with Crippen LogP contribution in [-0.2, 0) is 19.1 Å². The number of hydrogen-bond donors (Lipinski definition) is 0. The van der Waals surface area contributed by atoms with Gasteiger partial charge in [0.15, 0.2) is 0 Å². The Bertz CT molecular complexity index is 1860. The van der Waals surface area contributed by atoms with Crippen molar-refractivity contribution < 1.29 is 57.1 Å². The van der Waals surface area contributed by atoms with Gasteiger partial charge in [0.25, 0.3) is 0 Å². The van der Waals surface area contributed by atoms with Crippen molar-refractivity contribution in [1.29, 1.82) is 0 Å². The zero-order valence-corrected chi connectivity index (χ0v) is 30.4. The molecule has 54 heavy (non-hydrogen) atoms. The molecule has 0 atom stereocenters. The van der Waals surface area contributed by atoms with Crippen molar-refractivity contribution in [2.24, 2.45) is 0 Å². The number of carbonyl (C=O) groups excluding carboxylic acids is 5. The Labute approximate surface area is 313 Å². The summed E-state index contributed by atoms with van der Waals surface area (Å²) in [5.74, 6) is -1.05. The molecule has 0 bridgehead atoms. The second-order valence-electron chi connectivity index (χ2n) is 10.9. The van der Waals surface area contributed by atoms with Crippen LogP contribution in [0.1, 0.15) is 64.7 Å². The summed E-state index contributed by atoms with van der Waals surface area (Å²) in [4.78, 5) is 60.3. The highest BCUT2D eigenvalue weighted by molar-refractivity contribution is 5.93. The third-order valence-electron chi connectivity index (χ3n) is 6.88. The van der Waals surface area contributed by atoms with Gasteiger partial charge in [-0.1, -0.05) is 27.0 Å². The van der Waals surface area contributed by atoms with E-state index in [-0.39, 0.29) is 48.2 Å². The van der Waals surface area contributed by atoms with Gasteiger partial charge in [0, 0.05) is 11.6 Å². The van der Waals surface area contributed by atoms with Gasteiger partial charge >= 0.3 is 29.8 Å². The number of unbranched alkanes of at least 4 members (excludes halogenated alkanes) is 1. The molecule has 0 aliphatic rings. The van der Waals surface area contributed by atoms with E-state index in [1.807, 2.05) is 13.8 Å². The molecular weight excluding hydrogens is 696 g/mol. The van der Waals surface area contributed by atoms with Crippen molar-refractivity contribution >= 4 is 29.8 Å². The molecule has 0 saturated carbocycles. The van der Waals surface area contributed by atoms with Gasteiger partial charge in [0.05, 0.1) is 29.9 Å². The number of ether oxygens (including phenoxy) is 7. The minimum atomic E-state index is -0.647. The van der Waals surface area contributed by atoms with Gasteiger partial charge in [0.2, 0.25) is 0 Å². The van der Waals surface area contributed by atoms with Crippen molar-refractivity contribution in [2.45, 2.75) is 33.6 Å². The number of esters is 5. The number of carbonyl (C=O) groups is 5. The van der Waals surface area contributed by atoms with Gasteiger partial charge in [-0.3, -0.25) is 0 Å². The lowest BCUT2D eigenvalue weighted by Crippen LogP contribution is -2.12. The average Bonchev–Trinajstić information content (AvgIpc) is 3.19. The van der Waals surface area contributed by atoms with Crippen LogP contribution in [0.2, 0.25) is 0 Å². The smallest absolute Gasteiger partial charge is 0.343 e. The predicted octanol–water partition coefficient (Wildman–Crippen LogP) is 7.76. The SMILES string of the molecule is C=CC(=O)OCCCCOc1ccc(C(=O)Oc2ccc(OC(=O)c3ccc(OC(=O)c4ccc(OCCOC(=O)C(=C)C)cc4)cc3)cc2)cc1.CC. The van der Waals surface area contributed by atoms with Crippen LogP contribution < -0.4 is 23.7 Å². The summed E-state index contributed by atoms with van der Waals surface area (Å²) in [5, 5.41) is 0. The lowest BCUT2D eigenvalue weighted by molar-refractivity contribution is -0.140. The molecule has 4 aromatic rings. The Morgan fingerprint density at radius 2 is 0.852 bits per heavy atom. The Morgan fingerprint density at radius 1 is 0.500 bits per heavy atom. The van der Waals surface area contributed by atoms with E-state index in [1.54, 1.807) is 43.3 Å². The first-order valence-electron chi connectivity index (χ1n) is 17.1. The van der Waals surface area contributed by atoms with Gasteiger partial charge in [0.1, 0.15) is 42.0 Å². The van der Waals surface area contributed by atoms with Gasteiger partial charge in [-0.25, -0.2) is 24.0 Å². The molecule has 0 aliphatic heterocycles. The molecule has 0 aliphatic carbocycles.